The fraction of sp³-hybridized carbons (Fsp3) is 0.300. The van der Waals surface area contributed by atoms with Crippen LogP contribution in [0.3, 0.4) is 0 Å². The minimum Gasteiger partial charge on any atom is -0.363 e. The van der Waals surface area contributed by atoms with Gasteiger partial charge in [-0.3, -0.25) is 4.79 Å². The van der Waals surface area contributed by atoms with E-state index in [0.29, 0.717) is 5.69 Å². The normalized spacial score (nSPS) is 11.1. The minimum absolute atomic E-state index is 0.209. The Morgan fingerprint density at radius 1 is 1.12 bits per heavy atom. The molecule has 0 fully saturated rings. The number of aromatic nitrogens is 2. The van der Waals surface area contributed by atoms with Gasteiger partial charge in [0.25, 0.3) is 5.91 Å². The van der Waals surface area contributed by atoms with E-state index in [9.17, 15) is 4.79 Å². The molecule has 1 aromatic carbocycles. The highest BCUT2D eigenvalue weighted by Crippen LogP contribution is 2.21. The molecule has 6 heteroatoms. The van der Waals surface area contributed by atoms with Gasteiger partial charge in [0, 0.05) is 39.1 Å². The molecule has 0 spiro atoms. The molecule has 1 N–H and O–H groups in total. The lowest BCUT2D eigenvalue weighted by molar-refractivity contribution is 0.102. The first-order valence-corrected chi connectivity index (χ1v) is 8.63. The molecule has 0 unspecified atom stereocenters. The molecule has 3 rings (SSSR count). The maximum absolute atomic E-state index is 12.6. The third-order valence-corrected chi connectivity index (χ3v) is 4.25. The SMILES string of the molecule is CN(C)CCn1ccc2ccc(NC(=O)c3cccc(N(C)C)n3)cc21. The number of hydrogen-bond acceptors (Lipinski definition) is 4. The molecular weight excluding hydrogens is 326 g/mol. The van der Waals surface area contributed by atoms with Gasteiger partial charge in [-0.15, -0.1) is 0 Å². The van der Waals surface area contributed by atoms with Crippen LogP contribution in [0.1, 0.15) is 10.5 Å². The Balaban J connectivity index is 1.81. The second-order valence-electron chi connectivity index (χ2n) is 6.82. The number of hydrogen-bond donors (Lipinski definition) is 1. The molecule has 136 valence electrons. The number of nitrogens with one attached hydrogen (secondary N) is 1. The summed E-state index contributed by atoms with van der Waals surface area (Å²) in [5.74, 6) is 0.546. The van der Waals surface area contributed by atoms with Crippen LogP contribution in [0.5, 0.6) is 0 Å². The molecular formula is C20H25N5O. The topological polar surface area (TPSA) is 53.4 Å². The molecule has 3 aromatic rings. The summed E-state index contributed by atoms with van der Waals surface area (Å²) < 4.78 is 2.20. The van der Waals surface area contributed by atoms with Crippen molar-refractivity contribution in [3.63, 3.8) is 0 Å². The fourth-order valence-corrected chi connectivity index (χ4v) is 2.76. The van der Waals surface area contributed by atoms with Crippen molar-refractivity contribution < 1.29 is 4.79 Å². The first-order chi connectivity index (χ1) is 12.4. The molecule has 2 heterocycles. The molecule has 0 saturated carbocycles. The largest absolute Gasteiger partial charge is 0.363 e. The molecule has 26 heavy (non-hydrogen) atoms. The summed E-state index contributed by atoms with van der Waals surface area (Å²) in [5.41, 5.74) is 2.28. The van der Waals surface area contributed by atoms with Crippen LogP contribution in [-0.2, 0) is 6.54 Å². The number of likely N-dealkylation sites (N-methyl/N-ethyl adjacent to an activating group) is 1. The molecule has 0 aliphatic carbocycles. The Morgan fingerprint density at radius 3 is 2.65 bits per heavy atom. The lowest BCUT2D eigenvalue weighted by Crippen LogP contribution is -2.18. The average molecular weight is 351 g/mol. The molecule has 6 nitrogen and oxygen atoms in total. The van der Waals surface area contributed by atoms with Gasteiger partial charge in [-0.05, 0) is 49.8 Å². The molecule has 0 atom stereocenters. The summed E-state index contributed by atoms with van der Waals surface area (Å²) in [5, 5.41) is 4.12. The summed E-state index contributed by atoms with van der Waals surface area (Å²) in [6.45, 7) is 1.86. The van der Waals surface area contributed by atoms with Gasteiger partial charge in [0.1, 0.15) is 11.5 Å². The molecule has 0 bridgehead atoms. The number of fused-ring (bicyclic) bond motifs is 1. The first kappa shape index (κ1) is 17.9. The Bertz CT molecular complexity index is 913. The van der Waals surface area contributed by atoms with Gasteiger partial charge in [0.15, 0.2) is 0 Å². The number of nitrogens with zero attached hydrogens (tertiary/aromatic N) is 4. The van der Waals surface area contributed by atoms with Crippen LogP contribution >= 0.6 is 0 Å². The second kappa shape index (κ2) is 7.58. The maximum atomic E-state index is 12.6. The van der Waals surface area contributed by atoms with E-state index >= 15 is 0 Å². The van der Waals surface area contributed by atoms with Gasteiger partial charge >= 0.3 is 0 Å². The standard InChI is InChI=1S/C20H25N5O/c1-23(2)12-13-25-11-10-15-8-9-16(14-18(15)25)21-20(26)17-6-5-7-19(22-17)24(3)4/h5-11,14H,12-13H2,1-4H3,(H,21,26). The van der Waals surface area contributed by atoms with Crippen molar-refractivity contribution >= 4 is 28.3 Å². The van der Waals surface area contributed by atoms with Crippen LogP contribution in [0.2, 0.25) is 0 Å². The Kier molecular flexibility index (Phi) is 5.23. The van der Waals surface area contributed by atoms with Crippen molar-refractivity contribution in [2.45, 2.75) is 6.54 Å². The van der Waals surface area contributed by atoms with Crippen molar-refractivity contribution in [2.24, 2.45) is 0 Å². The van der Waals surface area contributed by atoms with Gasteiger partial charge in [-0.1, -0.05) is 12.1 Å². The highest BCUT2D eigenvalue weighted by Gasteiger charge is 2.10. The number of anilines is 2. The number of benzene rings is 1. The summed E-state index contributed by atoms with van der Waals surface area (Å²) in [4.78, 5) is 21.0. The van der Waals surface area contributed by atoms with E-state index in [-0.39, 0.29) is 5.91 Å². The third-order valence-electron chi connectivity index (χ3n) is 4.25. The predicted molar refractivity (Wildman–Crippen MR) is 107 cm³/mol. The Labute approximate surface area is 154 Å². The van der Waals surface area contributed by atoms with Crippen LogP contribution in [0.25, 0.3) is 10.9 Å². The second-order valence-corrected chi connectivity index (χ2v) is 6.82. The van der Waals surface area contributed by atoms with E-state index < -0.39 is 0 Å². The van der Waals surface area contributed by atoms with Gasteiger partial charge in [0.05, 0.1) is 5.52 Å². The monoisotopic (exact) mass is 351 g/mol. The predicted octanol–water partition coefficient (Wildman–Crippen LogP) is 2.92. The summed E-state index contributed by atoms with van der Waals surface area (Å²) in [6.07, 6.45) is 2.09. The molecule has 0 radical (unpaired) electrons. The summed E-state index contributed by atoms with van der Waals surface area (Å²) in [7, 11) is 7.93. The van der Waals surface area contributed by atoms with Gasteiger partial charge in [-0.2, -0.15) is 0 Å². The number of amides is 1. The Morgan fingerprint density at radius 2 is 1.92 bits per heavy atom. The van der Waals surface area contributed by atoms with Gasteiger partial charge in [0.2, 0.25) is 0 Å². The van der Waals surface area contributed by atoms with Crippen molar-refractivity contribution in [3.8, 4) is 0 Å². The molecule has 0 saturated heterocycles. The first-order valence-electron chi connectivity index (χ1n) is 8.63. The van der Waals surface area contributed by atoms with E-state index in [1.54, 1.807) is 6.07 Å². The molecule has 1 amide bonds. The zero-order chi connectivity index (χ0) is 18.7. The summed E-state index contributed by atoms with van der Waals surface area (Å²) >= 11 is 0. The summed E-state index contributed by atoms with van der Waals surface area (Å²) in [6, 6.07) is 13.5. The van der Waals surface area contributed by atoms with E-state index in [1.165, 1.54) is 0 Å². The molecule has 0 aliphatic rings. The van der Waals surface area contributed by atoms with Crippen LogP contribution in [0.15, 0.2) is 48.7 Å². The number of rotatable bonds is 6. The smallest absolute Gasteiger partial charge is 0.274 e. The lowest BCUT2D eigenvalue weighted by atomic mass is 10.2. The lowest BCUT2D eigenvalue weighted by Gasteiger charge is -2.13. The van der Waals surface area contributed by atoms with Crippen molar-refractivity contribution in [3.05, 3.63) is 54.4 Å². The Hall–Kier alpha value is -2.86. The molecule has 0 aliphatic heterocycles. The number of carbonyl (C=O) groups is 1. The highest BCUT2D eigenvalue weighted by atomic mass is 16.1. The quantitative estimate of drug-likeness (QED) is 0.742. The average Bonchev–Trinajstić information content (AvgIpc) is 3.02. The number of carbonyl (C=O) groups excluding carboxylic acids is 1. The zero-order valence-corrected chi connectivity index (χ0v) is 15.7. The van der Waals surface area contributed by atoms with Crippen molar-refractivity contribution in [1.29, 1.82) is 0 Å². The van der Waals surface area contributed by atoms with Crippen molar-refractivity contribution in [2.75, 3.05) is 45.0 Å². The van der Waals surface area contributed by atoms with Crippen LogP contribution in [-0.4, -0.2) is 55.1 Å². The number of pyridine rings is 1. The zero-order valence-electron chi connectivity index (χ0n) is 15.7. The maximum Gasteiger partial charge on any atom is 0.274 e. The molecule has 2 aromatic heterocycles. The van der Waals surface area contributed by atoms with Gasteiger partial charge < -0.3 is 19.7 Å². The van der Waals surface area contributed by atoms with E-state index in [0.717, 1.165) is 35.5 Å². The van der Waals surface area contributed by atoms with Crippen molar-refractivity contribution in [1.82, 2.24) is 14.5 Å². The van der Waals surface area contributed by atoms with E-state index in [4.69, 9.17) is 0 Å². The van der Waals surface area contributed by atoms with Gasteiger partial charge in [-0.25, -0.2) is 4.98 Å². The van der Waals surface area contributed by atoms with Crippen LogP contribution in [0.4, 0.5) is 11.5 Å². The van der Waals surface area contributed by atoms with E-state index in [1.807, 2.05) is 49.3 Å². The fourth-order valence-electron chi connectivity index (χ4n) is 2.76. The van der Waals surface area contributed by atoms with Crippen LogP contribution < -0.4 is 10.2 Å². The van der Waals surface area contributed by atoms with Crippen LogP contribution in [0, 0.1) is 0 Å². The highest BCUT2D eigenvalue weighted by molar-refractivity contribution is 6.04. The van der Waals surface area contributed by atoms with E-state index in [2.05, 4.69) is 46.1 Å². The third kappa shape index (κ3) is 4.03. The minimum atomic E-state index is -0.209.